The highest BCUT2D eigenvalue weighted by molar-refractivity contribution is 6.57. The lowest BCUT2D eigenvalue weighted by Crippen LogP contribution is -2.35. The van der Waals surface area contributed by atoms with Crippen molar-refractivity contribution in [1.82, 2.24) is 9.13 Å². The molecule has 24 heavy (non-hydrogen) atoms. The van der Waals surface area contributed by atoms with Crippen molar-refractivity contribution in [3.8, 4) is 22.8 Å². The van der Waals surface area contributed by atoms with E-state index in [9.17, 15) is 19.8 Å². The van der Waals surface area contributed by atoms with E-state index in [1.165, 1.54) is 18.2 Å². The third-order valence-corrected chi connectivity index (χ3v) is 4.51. The minimum absolute atomic E-state index is 0.224. The van der Waals surface area contributed by atoms with E-state index in [1.807, 2.05) is 23.9 Å². The summed E-state index contributed by atoms with van der Waals surface area (Å²) < 4.78 is 3.57. The number of Topliss-reactive ketones (excluding diaryl/α,β-unsaturated/α-hetero) is 2. The van der Waals surface area contributed by atoms with E-state index in [4.69, 9.17) is 0 Å². The van der Waals surface area contributed by atoms with Gasteiger partial charge in [0.05, 0.1) is 22.1 Å². The Morgan fingerprint density at radius 3 is 2.46 bits per heavy atom. The molecule has 120 valence electrons. The molecule has 1 aliphatic rings. The van der Waals surface area contributed by atoms with Crippen molar-refractivity contribution in [3.63, 3.8) is 0 Å². The van der Waals surface area contributed by atoms with Gasteiger partial charge in [-0.3, -0.25) is 9.59 Å². The van der Waals surface area contributed by atoms with Gasteiger partial charge < -0.3 is 19.3 Å². The summed E-state index contributed by atoms with van der Waals surface area (Å²) in [6.07, 6.45) is 4.42. The van der Waals surface area contributed by atoms with Crippen molar-refractivity contribution in [2.75, 3.05) is 0 Å². The Labute approximate surface area is 136 Å². The lowest BCUT2D eigenvalue weighted by Gasteiger charge is -2.11. The molecule has 0 spiro atoms. The van der Waals surface area contributed by atoms with Crippen LogP contribution in [0.4, 0.5) is 0 Å². The smallest absolute Gasteiger partial charge is 0.227 e. The standard InChI is InChI=1S/C18H14N2O4/c1-19-4-3-10-12(19)8-16(23)18(24)17(10)13-5-9-6-14(21)15(22)7-11(9)20(13)2/h3-8,23-24H,1-2H3. The zero-order valence-corrected chi connectivity index (χ0v) is 13.1. The van der Waals surface area contributed by atoms with Crippen LogP contribution < -0.4 is 10.6 Å². The lowest BCUT2D eigenvalue weighted by molar-refractivity contribution is -0.129. The van der Waals surface area contributed by atoms with E-state index in [0.717, 1.165) is 10.9 Å². The van der Waals surface area contributed by atoms with E-state index in [0.29, 0.717) is 21.8 Å². The van der Waals surface area contributed by atoms with Crippen LogP contribution in [0.3, 0.4) is 0 Å². The SMILES string of the molecule is Cn1c(-c2c(O)c(O)cc3c2ccn3C)cc2c1=CC(=O)C(=O)C=2. The number of phenolic OH excluding ortho intramolecular Hbond substituents is 2. The van der Waals surface area contributed by atoms with E-state index in [-0.39, 0.29) is 11.5 Å². The Kier molecular flexibility index (Phi) is 2.75. The Bertz CT molecular complexity index is 1180. The molecule has 2 N–H and O–H groups in total. The average Bonchev–Trinajstić information content (AvgIpc) is 3.04. The Morgan fingerprint density at radius 1 is 1.00 bits per heavy atom. The quantitative estimate of drug-likeness (QED) is 0.499. The van der Waals surface area contributed by atoms with Gasteiger partial charge in [0.15, 0.2) is 11.5 Å². The average molecular weight is 322 g/mol. The Hall–Kier alpha value is -3.28. The van der Waals surface area contributed by atoms with Gasteiger partial charge in [-0.25, -0.2) is 0 Å². The van der Waals surface area contributed by atoms with Crippen molar-refractivity contribution in [3.05, 3.63) is 35.0 Å². The normalized spacial score (nSPS) is 13.8. The van der Waals surface area contributed by atoms with Gasteiger partial charge in [-0.05, 0) is 18.2 Å². The second-order valence-corrected chi connectivity index (χ2v) is 5.93. The number of rotatable bonds is 1. The van der Waals surface area contributed by atoms with Crippen LogP contribution in [0.15, 0.2) is 24.4 Å². The van der Waals surface area contributed by atoms with Gasteiger partial charge >= 0.3 is 0 Å². The van der Waals surface area contributed by atoms with Gasteiger partial charge in [0.1, 0.15) is 0 Å². The van der Waals surface area contributed by atoms with Crippen LogP contribution in [-0.4, -0.2) is 30.9 Å². The van der Waals surface area contributed by atoms with E-state index < -0.39 is 11.6 Å². The van der Waals surface area contributed by atoms with Crippen LogP contribution in [0.5, 0.6) is 11.5 Å². The summed E-state index contributed by atoms with van der Waals surface area (Å²) in [5.74, 6) is -1.59. The Morgan fingerprint density at radius 2 is 1.71 bits per heavy atom. The number of nitrogens with zero attached hydrogens (tertiary/aromatic N) is 2. The minimum atomic E-state index is -0.569. The number of aryl methyl sites for hydroxylation is 1. The van der Waals surface area contributed by atoms with Gasteiger partial charge in [-0.15, -0.1) is 0 Å². The van der Waals surface area contributed by atoms with Crippen LogP contribution >= 0.6 is 0 Å². The van der Waals surface area contributed by atoms with Gasteiger partial charge in [0, 0.05) is 43.0 Å². The second kappa shape index (κ2) is 4.61. The van der Waals surface area contributed by atoms with Gasteiger partial charge in [0.25, 0.3) is 0 Å². The van der Waals surface area contributed by atoms with Crippen LogP contribution in [0.1, 0.15) is 0 Å². The fourth-order valence-corrected chi connectivity index (χ4v) is 3.23. The first-order valence-electron chi connectivity index (χ1n) is 7.36. The minimum Gasteiger partial charge on any atom is -0.504 e. The third kappa shape index (κ3) is 1.76. The third-order valence-electron chi connectivity index (χ3n) is 4.51. The van der Waals surface area contributed by atoms with E-state index in [1.54, 1.807) is 17.7 Å². The summed E-state index contributed by atoms with van der Waals surface area (Å²) >= 11 is 0. The molecule has 3 aromatic rings. The summed E-state index contributed by atoms with van der Waals surface area (Å²) in [7, 11) is 3.59. The van der Waals surface area contributed by atoms with Crippen LogP contribution in [-0.2, 0) is 23.7 Å². The predicted octanol–water partition coefficient (Wildman–Crippen LogP) is 0.308. The van der Waals surface area contributed by atoms with Crippen LogP contribution in [0, 0.1) is 0 Å². The zero-order chi connectivity index (χ0) is 17.2. The van der Waals surface area contributed by atoms with E-state index in [2.05, 4.69) is 0 Å². The highest BCUT2D eigenvalue weighted by Crippen LogP contribution is 2.42. The molecule has 1 aliphatic carbocycles. The molecule has 0 saturated heterocycles. The molecule has 0 fully saturated rings. The summed E-state index contributed by atoms with van der Waals surface area (Å²) in [5, 5.41) is 22.5. The molecule has 0 unspecified atom stereocenters. The molecule has 0 radical (unpaired) electrons. The molecule has 4 rings (SSSR count). The molecule has 0 aliphatic heterocycles. The number of carbonyl (C=O) groups is 2. The van der Waals surface area contributed by atoms with Crippen molar-refractivity contribution in [1.29, 1.82) is 0 Å². The number of ketones is 2. The number of aromatic nitrogens is 2. The summed E-state index contributed by atoms with van der Waals surface area (Å²) in [4.78, 5) is 23.3. The highest BCUT2D eigenvalue weighted by Gasteiger charge is 2.21. The first kappa shape index (κ1) is 14.3. The molecule has 6 heteroatoms. The molecule has 2 aromatic heterocycles. The molecule has 0 amide bonds. The number of fused-ring (bicyclic) bond motifs is 2. The Balaban J connectivity index is 2.15. The van der Waals surface area contributed by atoms with Crippen molar-refractivity contribution >= 4 is 34.6 Å². The van der Waals surface area contributed by atoms with E-state index >= 15 is 0 Å². The maximum absolute atomic E-state index is 11.6. The molecule has 6 nitrogen and oxygen atoms in total. The number of carbonyl (C=O) groups excluding carboxylic acids is 2. The molecule has 1 aromatic carbocycles. The zero-order valence-electron chi connectivity index (χ0n) is 13.1. The molecule has 0 atom stereocenters. The van der Waals surface area contributed by atoms with Crippen LogP contribution in [0.2, 0.25) is 0 Å². The summed E-state index contributed by atoms with van der Waals surface area (Å²) in [6.45, 7) is 0. The summed E-state index contributed by atoms with van der Waals surface area (Å²) in [5.41, 5.74) is 1.84. The maximum atomic E-state index is 11.6. The number of hydrogen-bond acceptors (Lipinski definition) is 4. The molecular weight excluding hydrogens is 308 g/mol. The molecule has 0 saturated carbocycles. The predicted molar refractivity (Wildman–Crippen MR) is 88.8 cm³/mol. The topological polar surface area (TPSA) is 84.5 Å². The van der Waals surface area contributed by atoms with Crippen LogP contribution in [0.25, 0.3) is 34.3 Å². The molecule has 2 heterocycles. The molecular formula is C18H14N2O4. The van der Waals surface area contributed by atoms with Gasteiger partial charge in [-0.2, -0.15) is 0 Å². The first-order chi connectivity index (χ1) is 11.4. The maximum Gasteiger partial charge on any atom is 0.227 e. The van der Waals surface area contributed by atoms with Crippen molar-refractivity contribution < 1.29 is 19.8 Å². The highest BCUT2D eigenvalue weighted by atomic mass is 16.3. The number of aromatic hydroxyl groups is 2. The first-order valence-corrected chi connectivity index (χ1v) is 7.36. The number of benzene rings is 1. The fraction of sp³-hybridized carbons (Fsp3) is 0.111. The monoisotopic (exact) mass is 322 g/mol. The van der Waals surface area contributed by atoms with Crippen molar-refractivity contribution in [2.24, 2.45) is 14.1 Å². The van der Waals surface area contributed by atoms with Gasteiger partial charge in [0.2, 0.25) is 11.6 Å². The molecule has 0 bridgehead atoms. The van der Waals surface area contributed by atoms with Gasteiger partial charge in [-0.1, -0.05) is 0 Å². The second-order valence-electron chi connectivity index (χ2n) is 5.93. The fourth-order valence-electron chi connectivity index (χ4n) is 3.23. The van der Waals surface area contributed by atoms with Crippen molar-refractivity contribution in [2.45, 2.75) is 0 Å². The largest absolute Gasteiger partial charge is 0.504 e. The lowest BCUT2D eigenvalue weighted by atomic mass is 10.0. The number of hydrogen-bond donors (Lipinski definition) is 2. The summed E-state index contributed by atoms with van der Waals surface area (Å²) in [6, 6.07) is 5.08. The number of phenols is 2.